The average molecular weight is 308 g/mol. The Morgan fingerprint density at radius 3 is 2.29 bits per heavy atom. The SMILES string of the molecule is COC(=O)c1cc(N)cc(Cl)c1Oc1ccc(OC)cc1. The predicted octanol–water partition coefficient (Wildman–Crippen LogP) is 3.51. The van der Waals surface area contributed by atoms with Gasteiger partial charge < -0.3 is 19.9 Å². The van der Waals surface area contributed by atoms with Crippen molar-refractivity contribution >= 4 is 23.3 Å². The number of carbonyl (C=O) groups excluding carboxylic acids is 1. The van der Waals surface area contributed by atoms with Crippen molar-refractivity contribution in [2.45, 2.75) is 0 Å². The zero-order valence-electron chi connectivity index (χ0n) is 11.6. The van der Waals surface area contributed by atoms with Gasteiger partial charge in [0.15, 0.2) is 5.75 Å². The molecule has 110 valence electrons. The third kappa shape index (κ3) is 3.38. The maximum atomic E-state index is 11.8. The Kier molecular flexibility index (Phi) is 4.55. The van der Waals surface area contributed by atoms with E-state index in [1.165, 1.54) is 19.2 Å². The molecule has 0 spiro atoms. The second-order valence-electron chi connectivity index (χ2n) is 4.15. The number of benzene rings is 2. The van der Waals surface area contributed by atoms with Gasteiger partial charge in [0.1, 0.15) is 17.1 Å². The van der Waals surface area contributed by atoms with Gasteiger partial charge in [0.25, 0.3) is 0 Å². The summed E-state index contributed by atoms with van der Waals surface area (Å²) in [6.07, 6.45) is 0. The molecule has 5 nitrogen and oxygen atoms in total. The number of esters is 1. The van der Waals surface area contributed by atoms with Crippen molar-refractivity contribution in [3.05, 3.63) is 47.0 Å². The van der Waals surface area contributed by atoms with E-state index in [-0.39, 0.29) is 16.3 Å². The lowest BCUT2D eigenvalue weighted by Gasteiger charge is -2.13. The number of nitrogen functional groups attached to an aromatic ring is 1. The van der Waals surface area contributed by atoms with Crippen LogP contribution in [0.25, 0.3) is 0 Å². The first-order chi connectivity index (χ1) is 10.0. The van der Waals surface area contributed by atoms with E-state index in [1.807, 2.05) is 0 Å². The molecule has 0 bridgehead atoms. The van der Waals surface area contributed by atoms with Gasteiger partial charge in [0.05, 0.1) is 19.2 Å². The molecule has 0 heterocycles. The zero-order valence-corrected chi connectivity index (χ0v) is 12.3. The molecule has 0 unspecified atom stereocenters. The maximum Gasteiger partial charge on any atom is 0.341 e. The molecule has 0 aromatic heterocycles. The van der Waals surface area contributed by atoms with Gasteiger partial charge in [-0.25, -0.2) is 4.79 Å². The third-order valence-electron chi connectivity index (χ3n) is 2.75. The standard InChI is InChI=1S/C15H14ClNO4/c1-19-10-3-5-11(6-4-10)21-14-12(15(18)20-2)7-9(17)8-13(14)16/h3-8H,17H2,1-2H3. The molecule has 0 aliphatic carbocycles. The Labute approximate surface area is 127 Å². The molecule has 2 aromatic carbocycles. The fourth-order valence-corrected chi connectivity index (χ4v) is 2.01. The molecule has 2 rings (SSSR count). The molecule has 0 fully saturated rings. The van der Waals surface area contributed by atoms with Crippen LogP contribution in [-0.2, 0) is 4.74 Å². The van der Waals surface area contributed by atoms with Crippen LogP contribution >= 0.6 is 11.6 Å². The van der Waals surface area contributed by atoms with Gasteiger partial charge in [-0.15, -0.1) is 0 Å². The van der Waals surface area contributed by atoms with Gasteiger partial charge in [-0.1, -0.05) is 11.6 Å². The highest BCUT2D eigenvalue weighted by molar-refractivity contribution is 6.33. The number of carbonyl (C=O) groups is 1. The first-order valence-corrected chi connectivity index (χ1v) is 6.42. The number of rotatable bonds is 4. The quantitative estimate of drug-likeness (QED) is 0.691. The summed E-state index contributed by atoms with van der Waals surface area (Å²) in [6.45, 7) is 0. The Morgan fingerprint density at radius 2 is 1.71 bits per heavy atom. The number of anilines is 1. The van der Waals surface area contributed by atoms with Gasteiger partial charge in [-0.3, -0.25) is 0 Å². The van der Waals surface area contributed by atoms with E-state index in [2.05, 4.69) is 0 Å². The summed E-state index contributed by atoms with van der Waals surface area (Å²) in [4.78, 5) is 11.8. The minimum Gasteiger partial charge on any atom is -0.497 e. The van der Waals surface area contributed by atoms with Crippen LogP contribution in [0.2, 0.25) is 5.02 Å². The number of ether oxygens (including phenoxy) is 3. The topological polar surface area (TPSA) is 70.8 Å². The lowest BCUT2D eigenvalue weighted by molar-refractivity contribution is 0.0598. The van der Waals surface area contributed by atoms with Crippen molar-refractivity contribution in [3.8, 4) is 17.2 Å². The van der Waals surface area contributed by atoms with Crippen LogP contribution in [0.15, 0.2) is 36.4 Å². The van der Waals surface area contributed by atoms with Gasteiger partial charge in [-0.2, -0.15) is 0 Å². The van der Waals surface area contributed by atoms with E-state index in [0.717, 1.165) is 0 Å². The Hall–Kier alpha value is -2.40. The van der Waals surface area contributed by atoms with Crippen molar-refractivity contribution < 1.29 is 19.0 Å². The van der Waals surface area contributed by atoms with Crippen LogP contribution in [0.3, 0.4) is 0 Å². The predicted molar refractivity (Wildman–Crippen MR) is 80.3 cm³/mol. The van der Waals surface area contributed by atoms with Crippen LogP contribution in [-0.4, -0.2) is 20.2 Å². The fraction of sp³-hybridized carbons (Fsp3) is 0.133. The molecule has 2 N–H and O–H groups in total. The third-order valence-corrected chi connectivity index (χ3v) is 3.03. The minimum absolute atomic E-state index is 0.165. The molecule has 21 heavy (non-hydrogen) atoms. The van der Waals surface area contributed by atoms with Crippen LogP contribution in [0, 0.1) is 0 Å². The normalized spacial score (nSPS) is 10.0. The summed E-state index contributed by atoms with van der Waals surface area (Å²) in [7, 11) is 2.85. The summed E-state index contributed by atoms with van der Waals surface area (Å²) < 4.78 is 15.4. The van der Waals surface area contributed by atoms with E-state index in [1.54, 1.807) is 31.4 Å². The summed E-state index contributed by atoms with van der Waals surface area (Å²) in [6, 6.07) is 9.83. The molecule has 2 aromatic rings. The van der Waals surface area contributed by atoms with Crippen LogP contribution in [0.4, 0.5) is 5.69 Å². The van der Waals surface area contributed by atoms with Gasteiger partial charge in [-0.05, 0) is 36.4 Å². The molecule has 0 radical (unpaired) electrons. The van der Waals surface area contributed by atoms with Crippen molar-refractivity contribution in [1.29, 1.82) is 0 Å². The lowest BCUT2D eigenvalue weighted by Crippen LogP contribution is -2.05. The Bertz CT molecular complexity index is 655. The van der Waals surface area contributed by atoms with Gasteiger partial charge in [0, 0.05) is 5.69 Å². The molecule has 0 amide bonds. The van der Waals surface area contributed by atoms with Crippen molar-refractivity contribution in [1.82, 2.24) is 0 Å². The lowest BCUT2D eigenvalue weighted by atomic mass is 10.1. The molecule has 6 heteroatoms. The summed E-state index contributed by atoms with van der Waals surface area (Å²) in [5.41, 5.74) is 6.20. The van der Waals surface area contributed by atoms with Crippen LogP contribution in [0.5, 0.6) is 17.2 Å². The van der Waals surface area contributed by atoms with E-state index in [4.69, 9.17) is 31.5 Å². The molecular weight excluding hydrogens is 294 g/mol. The maximum absolute atomic E-state index is 11.8. The van der Waals surface area contributed by atoms with E-state index in [0.29, 0.717) is 17.2 Å². The molecule has 0 saturated heterocycles. The van der Waals surface area contributed by atoms with E-state index < -0.39 is 5.97 Å². The Balaban J connectivity index is 2.39. The van der Waals surface area contributed by atoms with E-state index in [9.17, 15) is 4.79 Å². The number of methoxy groups -OCH3 is 2. The highest BCUT2D eigenvalue weighted by atomic mass is 35.5. The molecule has 0 atom stereocenters. The summed E-state index contributed by atoms with van der Waals surface area (Å²) in [5, 5.41) is 0.228. The monoisotopic (exact) mass is 307 g/mol. The van der Waals surface area contributed by atoms with E-state index >= 15 is 0 Å². The highest BCUT2D eigenvalue weighted by Gasteiger charge is 2.18. The minimum atomic E-state index is -0.576. The molecule has 0 aliphatic heterocycles. The molecule has 0 aliphatic rings. The van der Waals surface area contributed by atoms with Gasteiger partial charge in [0.2, 0.25) is 0 Å². The fourth-order valence-electron chi connectivity index (χ4n) is 1.74. The van der Waals surface area contributed by atoms with Crippen LogP contribution in [0.1, 0.15) is 10.4 Å². The number of halogens is 1. The number of hydrogen-bond donors (Lipinski definition) is 1. The van der Waals surface area contributed by atoms with Gasteiger partial charge >= 0.3 is 5.97 Å². The Morgan fingerprint density at radius 1 is 1.10 bits per heavy atom. The smallest absolute Gasteiger partial charge is 0.341 e. The first-order valence-electron chi connectivity index (χ1n) is 6.04. The zero-order chi connectivity index (χ0) is 15.4. The van der Waals surface area contributed by atoms with Crippen molar-refractivity contribution in [3.63, 3.8) is 0 Å². The van der Waals surface area contributed by atoms with Crippen molar-refractivity contribution in [2.75, 3.05) is 20.0 Å². The van der Waals surface area contributed by atoms with Crippen molar-refractivity contribution in [2.24, 2.45) is 0 Å². The first kappa shape index (κ1) is 15.0. The summed E-state index contributed by atoms with van der Waals surface area (Å²) >= 11 is 6.11. The number of hydrogen-bond acceptors (Lipinski definition) is 5. The van der Waals surface area contributed by atoms with Crippen LogP contribution < -0.4 is 15.2 Å². The second-order valence-corrected chi connectivity index (χ2v) is 4.56. The molecule has 0 saturated carbocycles. The second kappa shape index (κ2) is 6.37. The largest absolute Gasteiger partial charge is 0.497 e. The summed E-state index contributed by atoms with van der Waals surface area (Å²) in [5.74, 6) is 0.821. The number of nitrogens with two attached hydrogens (primary N) is 1. The highest BCUT2D eigenvalue weighted by Crippen LogP contribution is 2.35. The average Bonchev–Trinajstić information content (AvgIpc) is 2.49. The molecular formula is C15H14ClNO4.